The molecular formula is C14H8FN3O5S. The lowest BCUT2D eigenvalue weighted by Gasteiger charge is -1.97. The lowest BCUT2D eigenvalue weighted by molar-refractivity contribution is -0.380. The molecule has 0 fully saturated rings. The van der Waals surface area contributed by atoms with Crippen LogP contribution in [0.15, 0.2) is 40.9 Å². The number of nitro groups is 1. The number of carbonyl (C=O) groups is 1. The van der Waals surface area contributed by atoms with Gasteiger partial charge in [-0.05, 0) is 30.3 Å². The maximum atomic E-state index is 12.9. The lowest BCUT2D eigenvalue weighted by atomic mass is 10.2. The van der Waals surface area contributed by atoms with Gasteiger partial charge in [-0.3, -0.25) is 10.1 Å². The van der Waals surface area contributed by atoms with Crippen LogP contribution < -0.4 is 0 Å². The van der Waals surface area contributed by atoms with Crippen LogP contribution in [-0.4, -0.2) is 21.0 Å². The van der Waals surface area contributed by atoms with Crippen LogP contribution in [0.3, 0.4) is 0 Å². The summed E-state index contributed by atoms with van der Waals surface area (Å²) in [7, 11) is 0. The van der Waals surface area contributed by atoms with Crippen LogP contribution in [0.1, 0.15) is 15.6 Å². The van der Waals surface area contributed by atoms with Gasteiger partial charge in [-0.25, -0.2) is 9.18 Å². The van der Waals surface area contributed by atoms with Crippen molar-refractivity contribution < 1.29 is 23.4 Å². The topological polar surface area (TPSA) is 108 Å². The maximum Gasteiger partial charge on any atom is 0.349 e. The van der Waals surface area contributed by atoms with Crippen LogP contribution in [0.2, 0.25) is 0 Å². The molecule has 1 aromatic carbocycles. The molecule has 0 spiro atoms. The van der Waals surface area contributed by atoms with Crippen molar-refractivity contribution >= 4 is 22.3 Å². The van der Waals surface area contributed by atoms with Crippen molar-refractivity contribution in [3.8, 4) is 11.4 Å². The minimum absolute atomic E-state index is 0.0498. The highest BCUT2D eigenvalue weighted by atomic mass is 32.1. The number of hydrogen-bond donors (Lipinski definition) is 0. The minimum Gasteiger partial charge on any atom is -0.451 e. The Balaban J connectivity index is 1.63. The summed E-state index contributed by atoms with van der Waals surface area (Å²) in [6.45, 7) is -0.279. The highest BCUT2D eigenvalue weighted by molar-refractivity contribution is 7.17. The molecule has 0 aliphatic carbocycles. The second kappa shape index (κ2) is 6.54. The Morgan fingerprint density at radius 2 is 2.04 bits per heavy atom. The van der Waals surface area contributed by atoms with E-state index in [1.54, 1.807) is 0 Å². The van der Waals surface area contributed by atoms with Gasteiger partial charge < -0.3 is 9.26 Å². The number of aromatic nitrogens is 2. The zero-order valence-electron chi connectivity index (χ0n) is 11.8. The quantitative estimate of drug-likeness (QED) is 0.395. The van der Waals surface area contributed by atoms with E-state index in [-0.39, 0.29) is 34.0 Å². The molecular weight excluding hydrogens is 341 g/mol. The number of ether oxygens (including phenoxy) is 1. The molecule has 0 saturated carbocycles. The predicted molar refractivity (Wildman–Crippen MR) is 79.8 cm³/mol. The molecule has 2 aromatic heterocycles. The van der Waals surface area contributed by atoms with Crippen molar-refractivity contribution in [2.75, 3.05) is 0 Å². The van der Waals surface area contributed by atoms with Crippen molar-refractivity contribution in [2.45, 2.75) is 6.61 Å². The monoisotopic (exact) mass is 349 g/mol. The van der Waals surface area contributed by atoms with Gasteiger partial charge in [-0.2, -0.15) is 4.98 Å². The van der Waals surface area contributed by atoms with Gasteiger partial charge in [0.15, 0.2) is 6.61 Å². The number of halogens is 1. The van der Waals surface area contributed by atoms with Gasteiger partial charge in [-0.1, -0.05) is 16.5 Å². The first-order valence-electron chi connectivity index (χ1n) is 6.53. The van der Waals surface area contributed by atoms with Crippen LogP contribution in [0.4, 0.5) is 9.39 Å². The average molecular weight is 349 g/mol. The number of esters is 1. The molecule has 10 heteroatoms. The largest absolute Gasteiger partial charge is 0.451 e. The molecule has 3 rings (SSSR count). The van der Waals surface area contributed by atoms with Crippen molar-refractivity contribution in [2.24, 2.45) is 0 Å². The lowest BCUT2D eigenvalue weighted by Crippen LogP contribution is -2.03. The zero-order valence-corrected chi connectivity index (χ0v) is 12.7. The number of carbonyl (C=O) groups excluding carboxylic acids is 1. The summed E-state index contributed by atoms with van der Waals surface area (Å²) in [6, 6.07) is 8.02. The molecule has 2 heterocycles. The fraction of sp³-hybridized carbons (Fsp3) is 0.0714. The van der Waals surface area contributed by atoms with E-state index < -0.39 is 10.9 Å². The van der Waals surface area contributed by atoms with E-state index in [0.717, 1.165) is 0 Å². The SMILES string of the molecule is O=C(OCc1nc(-c2ccc(F)cc2)no1)c1ccc([N+](=O)[O-])s1. The minimum atomic E-state index is -0.727. The van der Waals surface area contributed by atoms with Gasteiger partial charge in [0.2, 0.25) is 5.82 Å². The molecule has 0 atom stereocenters. The first-order valence-corrected chi connectivity index (χ1v) is 7.34. The fourth-order valence-electron chi connectivity index (χ4n) is 1.76. The van der Waals surface area contributed by atoms with Crippen molar-refractivity contribution in [1.29, 1.82) is 0 Å². The number of rotatable bonds is 5. The highest BCUT2D eigenvalue weighted by Gasteiger charge is 2.18. The standard InChI is InChI=1S/C14H8FN3O5S/c15-9-3-1-8(2-4-9)13-16-11(23-17-13)7-22-14(19)10-5-6-12(24-10)18(20)21/h1-6H,7H2. The molecule has 0 amide bonds. The average Bonchev–Trinajstić information content (AvgIpc) is 3.23. The van der Waals surface area contributed by atoms with Gasteiger partial charge >= 0.3 is 11.0 Å². The molecule has 0 radical (unpaired) electrons. The van der Waals surface area contributed by atoms with E-state index in [9.17, 15) is 19.3 Å². The van der Waals surface area contributed by atoms with Gasteiger partial charge in [0.25, 0.3) is 5.89 Å². The molecule has 0 bridgehead atoms. The van der Waals surface area contributed by atoms with E-state index in [1.807, 2.05) is 0 Å². The van der Waals surface area contributed by atoms with E-state index >= 15 is 0 Å². The van der Waals surface area contributed by atoms with Gasteiger partial charge in [0.05, 0.1) is 4.92 Å². The Morgan fingerprint density at radius 1 is 1.29 bits per heavy atom. The summed E-state index contributed by atoms with van der Waals surface area (Å²) < 4.78 is 22.8. The summed E-state index contributed by atoms with van der Waals surface area (Å²) in [5.41, 5.74) is 0.548. The molecule has 122 valence electrons. The smallest absolute Gasteiger partial charge is 0.349 e. The summed E-state index contributed by atoms with van der Waals surface area (Å²) in [6.07, 6.45) is 0. The van der Waals surface area contributed by atoms with E-state index in [2.05, 4.69) is 10.1 Å². The number of nitrogens with zero attached hydrogens (tertiary/aromatic N) is 3. The Hall–Kier alpha value is -3.14. The Kier molecular flexibility index (Phi) is 4.29. The molecule has 8 nitrogen and oxygen atoms in total. The van der Waals surface area contributed by atoms with Gasteiger partial charge in [0.1, 0.15) is 10.7 Å². The molecule has 24 heavy (non-hydrogen) atoms. The maximum absolute atomic E-state index is 12.9. The van der Waals surface area contributed by atoms with Crippen LogP contribution in [0.5, 0.6) is 0 Å². The molecule has 3 aromatic rings. The molecule has 0 aliphatic rings. The molecule has 0 unspecified atom stereocenters. The Labute approximate surface area is 137 Å². The van der Waals surface area contributed by atoms with E-state index in [1.165, 1.54) is 36.4 Å². The number of hydrogen-bond acceptors (Lipinski definition) is 8. The first kappa shape index (κ1) is 15.7. The normalized spacial score (nSPS) is 10.5. The second-order valence-electron chi connectivity index (χ2n) is 4.49. The summed E-state index contributed by atoms with van der Waals surface area (Å²) in [5.74, 6) is -0.836. The summed E-state index contributed by atoms with van der Waals surface area (Å²) in [4.78, 5) is 25.9. The van der Waals surface area contributed by atoms with E-state index in [0.29, 0.717) is 16.9 Å². The molecule has 0 aliphatic heterocycles. The summed E-state index contributed by atoms with van der Waals surface area (Å²) >= 11 is 0.712. The fourth-order valence-corrected chi connectivity index (χ4v) is 2.48. The van der Waals surface area contributed by atoms with Crippen molar-refractivity contribution in [3.05, 3.63) is 63.1 Å². The second-order valence-corrected chi connectivity index (χ2v) is 5.55. The molecule has 0 saturated heterocycles. The van der Waals surface area contributed by atoms with Crippen LogP contribution in [0, 0.1) is 15.9 Å². The predicted octanol–water partition coefficient (Wildman–Crippen LogP) is 3.20. The van der Waals surface area contributed by atoms with Crippen molar-refractivity contribution in [3.63, 3.8) is 0 Å². The van der Waals surface area contributed by atoms with Crippen molar-refractivity contribution in [1.82, 2.24) is 10.1 Å². The summed E-state index contributed by atoms with van der Waals surface area (Å²) in [5, 5.41) is 14.1. The third kappa shape index (κ3) is 3.43. The third-order valence-corrected chi connectivity index (χ3v) is 3.89. The van der Waals surface area contributed by atoms with E-state index in [4.69, 9.17) is 9.26 Å². The van der Waals surface area contributed by atoms with Crippen LogP contribution in [0.25, 0.3) is 11.4 Å². The third-order valence-electron chi connectivity index (χ3n) is 2.87. The Morgan fingerprint density at radius 3 is 2.71 bits per heavy atom. The molecule has 0 N–H and O–H groups in total. The number of thiophene rings is 1. The highest BCUT2D eigenvalue weighted by Crippen LogP contribution is 2.24. The van der Waals surface area contributed by atoms with Crippen LogP contribution >= 0.6 is 11.3 Å². The first-order chi connectivity index (χ1) is 11.5. The van der Waals surface area contributed by atoms with Gasteiger partial charge in [-0.15, -0.1) is 0 Å². The van der Waals surface area contributed by atoms with Crippen LogP contribution in [-0.2, 0) is 11.3 Å². The van der Waals surface area contributed by atoms with Gasteiger partial charge in [0, 0.05) is 11.6 Å². The Bertz CT molecular complexity index is 890. The number of benzene rings is 1. The zero-order chi connectivity index (χ0) is 17.1.